The van der Waals surface area contributed by atoms with Crippen LogP contribution < -0.4 is 9.47 Å². The van der Waals surface area contributed by atoms with E-state index in [2.05, 4.69) is 90.3 Å². The average Bonchev–Trinajstić information content (AvgIpc) is 3.09. The van der Waals surface area contributed by atoms with Crippen LogP contribution in [0.5, 0.6) is 0 Å². The van der Waals surface area contributed by atoms with E-state index in [-0.39, 0.29) is 0 Å². The summed E-state index contributed by atoms with van der Waals surface area (Å²) in [5, 5.41) is 3.80. The molecule has 4 aromatic rings. The molecule has 3 aromatic carbocycles. The third kappa shape index (κ3) is 2.77. The minimum absolute atomic E-state index is 0.706. The van der Waals surface area contributed by atoms with Crippen molar-refractivity contribution in [3.05, 3.63) is 71.2 Å². The van der Waals surface area contributed by atoms with Gasteiger partial charge in [-0.2, -0.15) is 4.57 Å². The van der Waals surface area contributed by atoms with Gasteiger partial charge in [0.1, 0.15) is 11.3 Å². The fraction of sp³-hybridized carbons (Fsp3) is 0.174. The zero-order valence-corrected chi connectivity index (χ0v) is 16.3. The van der Waals surface area contributed by atoms with Crippen molar-refractivity contribution in [1.82, 2.24) is 0 Å². The lowest BCUT2D eigenvalue weighted by molar-refractivity contribution is -0.676. The molecule has 0 saturated carbocycles. The topological polar surface area (TPSA) is 16.4 Å². The summed E-state index contributed by atoms with van der Waals surface area (Å²) in [6.07, 6.45) is 2.15. The van der Waals surface area contributed by atoms with Crippen molar-refractivity contribution in [3.63, 3.8) is 0 Å². The van der Waals surface area contributed by atoms with E-state index in [1.54, 1.807) is 0 Å². The quantitative estimate of drug-likeness (QED) is 0.463. The summed E-state index contributed by atoms with van der Waals surface area (Å²) < 4.78 is 9.80. The van der Waals surface area contributed by atoms with Crippen LogP contribution in [0, 0.1) is 0 Å². The summed E-state index contributed by atoms with van der Waals surface area (Å²) >= 11 is 1.83. The average molecular weight is 374 g/mol. The van der Waals surface area contributed by atoms with E-state index >= 15 is 0 Å². The normalized spacial score (nSPS) is 15.1. The fourth-order valence-corrected chi connectivity index (χ4v) is 4.94. The van der Waals surface area contributed by atoms with Crippen molar-refractivity contribution in [2.24, 2.45) is 0 Å². The minimum atomic E-state index is 0.706. The van der Waals surface area contributed by atoms with Crippen LogP contribution in [0.4, 0.5) is 5.69 Å². The third-order valence-electron chi connectivity index (χ3n) is 5.08. The lowest BCUT2D eigenvalue weighted by Gasteiger charge is -2.13. The van der Waals surface area contributed by atoms with E-state index in [4.69, 9.17) is 4.74 Å². The van der Waals surface area contributed by atoms with Crippen LogP contribution in [0.1, 0.15) is 10.6 Å². The number of hydrogen-bond donors (Lipinski definition) is 0. The number of thiazole rings is 1. The summed E-state index contributed by atoms with van der Waals surface area (Å²) in [6.45, 7) is 1.60. The molecule has 0 N–H and O–H groups in total. The van der Waals surface area contributed by atoms with Gasteiger partial charge >= 0.3 is 5.01 Å². The molecule has 0 fully saturated rings. The Bertz CT molecular complexity index is 1170. The maximum absolute atomic E-state index is 6.07. The van der Waals surface area contributed by atoms with Gasteiger partial charge in [0.15, 0.2) is 6.54 Å². The van der Waals surface area contributed by atoms with Crippen molar-refractivity contribution < 1.29 is 9.30 Å². The number of rotatable bonds is 2. The smallest absolute Gasteiger partial charge is 0.305 e. The Morgan fingerprint density at radius 1 is 1.00 bits per heavy atom. The molecule has 0 aliphatic carbocycles. The van der Waals surface area contributed by atoms with E-state index in [0.717, 1.165) is 17.9 Å². The lowest BCUT2D eigenvalue weighted by Crippen LogP contribution is -2.41. The zero-order chi connectivity index (χ0) is 18.4. The summed E-state index contributed by atoms with van der Waals surface area (Å²) in [6, 6.07) is 21.6. The van der Waals surface area contributed by atoms with Gasteiger partial charge in [-0.3, -0.25) is 0 Å². The first kappa shape index (κ1) is 16.3. The molecule has 1 aromatic heterocycles. The summed E-state index contributed by atoms with van der Waals surface area (Å²) in [5.41, 5.74) is 3.65. The van der Waals surface area contributed by atoms with Gasteiger partial charge in [0.2, 0.25) is 11.3 Å². The number of hydrogen-bond acceptors (Lipinski definition) is 3. The minimum Gasteiger partial charge on any atom is -0.480 e. The highest BCUT2D eigenvalue weighted by atomic mass is 32.1. The molecule has 0 bridgehead atoms. The fourth-order valence-electron chi connectivity index (χ4n) is 3.65. The van der Waals surface area contributed by atoms with E-state index in [1.165, 1.54) is 31.7 Å². The van der Waals surface area contributed by atoms with Crippen molar-refractivity contribution in [1.29, 1.82) is 0 Å². The largest absolute Gasteiger partial charge is 0.480 e. The predicted octanol–water partition coefficient (Wildman–Crippen LogP) is 4.94. The van der Waals surface area contributed by atoms with Gasteiger partial charge in [-0.15, -0.1) is 0 Å². The van der Waals surface area contributed by atoms with Crippen molar-refractivity contribution in [2.45, 2.75) is 6.54 Å². The van der Waals surface area contributed by atoms with Gasteiger partial charge in [0.25, 0.3) is 0 Å². The Labute approximate surface area is 162 Å². The van der Waals surface area contributed by atoms with Gasteiger partial charge in [-0.05, 0) is 35.2 Å². The van der Waals surface area contributed by atoms with Crippen molar-refractivity contribution in [3.8, 4) is 0 Å². The Morgan fingerprint density at radius 3 is 2.63 bits per heavy atom. The van der Waals surface area contributed by atoms with Crippen LogP contribution >= 0.6 is 11.3 Å². The SMILES string of the molecule is CN(C)c1ccc(C=C2OCC[n+]3c2sc2c4ccccc4ccc23)cc1. The van der Waals surface area contributed by atoms with Gasteiger partial charge < -0.3 is 9.64 Å². The number of nitrogens with zero attached hydrogens (tertiary/aromatic N) is 2. The lowest BCUT2D eigenvalue weighted by atomic mass is 10.1. The first-order valence-corrected chi connectivity index (χ1v) is 9.99. The molecule has 0 amide bonds. The molecule has 4 heteroatoms. The van der Waals surface area contributed by atoms with Crippen LogP contribution in [0.15, 0.2) is 60.7 Å². The number of benzene rings is 3. The Balaban J connectivity index is 1.64. The Hall–Kier alpha value is -2.85. The standard InChI is InChI=1S/C23H21N2OS/c1-24(2)18-10-7-16(8-11-18)15-21-23-25(13-14-26-21)20-12-9-17-5-3-4-6-19(17)22(20)27-23/h3-12,15H,13-14H2,1-2H3/q+1. The molecule has 134 valence electrons. The maximum atomic E-state index is 6.07. The summed E-state index contributed by atoms with van der Waals surface area (Å²) in [4.78, 5) is 2.11. The predicted molar refractivity (Wildman–Crippen MR) is 114 cm³/mol. The Morgan fingerprint density at radius 2 is 1.81 bits per heavy atom. The van der Waals surface area contributed by atoms with Crippen LogP contribution in [-0.2, 0) is 11.3 Å². The highest BCUT2D eigenvalue weighted by molar-refractivity contribution is 7.20. The van der Waals surface area contributed by atoms with Crippen molar-refractivity contribution in [2.75, 3.05) is 25.6 Å². The second-order valence-electron chi connectivity index (χ2n) is 7.04. The second-order valence-corrected chi connectivity index (χ2v) is 8.04. The highest BCUT2D eigenvalue weighted by Gasteiger charge is 2.29. The number of anilines is 1. The molecule has 2 heterocycles. The van der Waals surface area contributed by atoms with Gasteiger partial charge in [0.05, 0.1) is 0 Å². The van der Waals surface area contributed by atoms with Crippen LogP contribution in [0.2, 0.25) is 0 Å². The Kier molecular flexibility index (Phi) is 3.87. The first-order valence-electron chi connectivity index (χ1n) is 9.17. The number of fused-ring (bicyclic) bond motifs is 5. The van der Waals surface area contributed by atoms with Crippen LogP contribution in [0.25, 0.3) is 32.8 Å². The first-order chi connectivity index (χ1) is 13.2. The van der Waals surface area contributed by atoms with E-state index in [9.17, 15) is 0 Å². The maximum Gasteiger partial charge on any atom is 0.305 e. The van der Waals surface area contributed by atoms with Crippen molar-refractivity contribution >= 4 is 49.8 Å². The molecule has 0 atom stereocenters. The molecule has 5 rings (SSSR count). The third-order valence-corrected chi connectivity index (χ3v) is 6.33. The molecule has 0 unspecified atom stereocenters. The second kappa shape index (κ2) is 6.39. The van der Waals surface area contributed by atoms with Crippen LogP contribution in [0.3, 0.4) is 0 Å². The number of aromatic nitrogens is 1. The molecular formula is C23H21N2OS+. The highest BCUT2D eigenvalue weighted by Crippen LogP contribution is 2.34. The van der Waals surface area contributed by atoms with E-state index in [0.29, 0.717) is 6.61 Å². The van der Waals surface area contributed by atoms with E-state index < -0.39 is 0 Å². The van der Waals surface area contributed by atoms with Gasteiger partial charge in [-0.1, -0.05) is 47.7 Å². The molecule has 0 saturated heterocycles. The summed E-state index contributed by atoms with van der Waals surface area (Å²) in [5.74, 6) is 0.962. The van der Waals surface area contributed by atoms with Gasteiger partial charge in [0, 0.05) is 31.2 Å². The molecular weight excluding hydrogens is 352 g/mol. The molecule has 1 aliphatic heterocycles. The summed E-state index contributed by atoms with van der Waals surface area (Å²) in [7, 11) is 4.12. The number of ether oxygens (including phenoxy) is 1. The molecule has 1 aliphatic rings. The molecule has 0 spiro atoms. The van der Waals surface area contributed by atoms with Crippen LogP contribution in [-0.4, -0.2) is 20.7 Å². The zero-order valence-electron chi connectivity index (χ0n) is 15.5. The van der Waals surface area contributed by atoms with Gasteiger partial charge in [-0.25, -0.2) is 0 Å². The van der Waals surface area contributed by atoms with E-state index in [1.807, 2.05) is 11.3 Å². The monoisotopic (exact) mass is 373 g/mol. The molecule has 3 nitrogen and oxygen atoms in total. The molecule has 27 heavy (non-hydrogen) atoms. The molecule has 0 radical (unpaired) electrons.